The van der Waals surface area contributed by atoms with Crippen molar-refractivity contribution in [3.05, 3.63) is 5.92 Å². The van der Waals surface area contributed by atoms with Gasteiger partial charge in [0.25, 0.3) is 0 Å². The highest BCUT2D eigenvalue weighted by Gasteiger charge is 2.43. The SMILES string of the molecule is C[C](C)C1CC1C(C)F. The number of hydrogen-bond donors (Lipinski definition) is 0. The first kappa shape index (κ1) is 7.04. The van der Waals surface area contributed by atoms with Crippen molar-refractivity contribution in [2.24, 2.45) is 11.8 Å². The molecule has 1 aliphatic rings. The Morgan fingerprint density at radius 3 is 2.22 bits per heavy atom. The summed E-state index contributed by atoms with van der Waals surface area (Å²) in [6.45, 7) is 5.84. The molecule has 0 bridgehead atoms. The maximum atomic E-state index is 12.5. The van der Waals surface area contributed by atoms with E-state index in [0.29, 0.717) is 11.8 Å². The zero-order valence-electron chi connectivity index (χ0n) is 6.32. The third-order valence-electron chi connectivity index (χ3n) is 2.17. The van der Waals surface area contributed by atoms with Crippen LogP contribution in [0.15, 0.2) is 0 Å². The monoisotopic (exact) mass is 129 g/mol. The Kier molecular flexibility index (Phi) is 1.78. The first-order chi connectivity index (χ1) is 4.13. The summed E-state index contributed by atoms with van der Waals surface area (Å²) in [6, 6.07) is 0. The van der Waals surface area contributed by atoms with Crippen molar-refractivity contribution in [1.82, 2.24) is 0 Å². The summed E-state index contributed by atoms with van der Waals surface area (Å²) in [5.74, 6) is 2.35. The minimum absolute atomic E-state index is 0.356. The quantitative estimate of drug-likeness (QED) is 0.537. The van der Waals surface area contributed by atoms with Crippen molar-refractivity contribution >= 4 is 0 Å². The molecule has 3 unspecified atom stereocenters. The van der Waals surface area contributed by atoms with E-state index in [-0.39, 0.29) is 0 Å². The predicted octanol–water partition coefficient (Wildman–Crippen LogP) is 2.59. The van der Waals surface area contributed by atoms with Gasteiger partial charge in [-0.2, -0.15) is 0 Å². The number of hydrogen-bond acceptors (Lipinski definition) is 0. The molecule has 0 amide bonds. The van der Waals surface area contributed by atoms with Crippen molar-refractivity contribution in [2.45, 2.75) is 33.4 Å². The Morgan fingerprint density at radius 1 is 1.56 bits per heavy atom. The average Bonchev–Trinajstić information content (AvgIpc) is 2.39. The van der Waals surface area contributed by atoms with Gasteiger partial charge in [-0.25, -0.2) is 4.39 Å². The summed E-state index contributed by atoms with van der Waals surface area (Å²) in [6.07, 6.45) is 0.491. The summed E-state index contributed by atoms with van der Waals surface area (Å²) in [4.78, 5) is 0. The van der Waals surface area contributed by atoms with Gasteiger partial charge in [-0.1, -0.05) is 13.8 Å². The van der Waals surface area contributed by atoms with Crippen molar-refractivity contribution < 1.29 is 4.39 Å². The molecule has 1 heteroatoms. The fourth-order valence-corrected chi connectivity index (χ4v) is 1.39. The normalized spacial score (nSPS) is 37.0. The van der Waals surface area contributed by atoms with Crippen LogP contribution in [0.3, 0.4) is 0 Å². The van der Waals surface area contributed by atoms with Crippen LogP contribution in [0.5, 0.6) is 0 Å². The molecular formula is C8H14F. The Bertz CT molecular complexity index is 84.7. The standard InChI is InChI=1S/C8H14F/c1-5(2)7-4-8(7)6(3)9/h6-8H,4H2,1-3H3. The van der Waals surface area contributed by atoms with E-state index in [4.69, 9.17) is 0 Å². The molecule has 0 aromatic carbocycles. The highest BCUT2D eigenvalue weighted by atomic mass is 19.1. The number of alkyl halides is 1. The summed E-state index contributed by atoms with van der Waals surface area (Å²) in [5.41, 5.74) is 0. The van der Waals surface area contributed by atoms with Gasteiger partial charge < -0.3 is 0 Å². The van der Waals surface area contributed by atoms with Crippen LogP contribution in [0.2, 0.25) is 0 Å². The second-order valence-electron chi connectivity index (χ2n) is 3.26. The first-order valence-electron chi connectivity index (χ1n) is 3.57. The molecule has 1 radical (unpaired) electrons. The van der Waals surface area contributed by atoms with Gasteiger partial charge >= 0.3 is 0 Å². The molecule has 0 saturated heterocycles. The molecule has 3 atom stereocenters. The molecule has 0 aliphatic heterocycles. The van der Waals surface area contributed by atoms with Crippen LogP contribution in [0.4, 0.5) is 4.39 Å². The molecule has 1 rings (SSSR count). The lowest BCUT2D eigenvalue weighted by atomic mass is 10.1. The second kappa shape index (κ2) is 2.28. The van der Waals surface area contributed by atoms with E-state index in [1.807, 2.05) is 0 Å². The maximum Gasteiger partial charge on any atom is 0.100 e. The van der Waals surface area contributed by atoms with Crippen molar-refractivity contribution in [3.8, 4) is 0 Å². The van der Waals surface area contributed by atoms with Gasteiger partial charge in [0.15, 0.2) is 0 Å². The predicted molar refractivity (Wildman–Crippen MR) is 36.8 cm³/mol. The van der Waals surface area contributed by atoms with Crippen molar-refractivity contribution in [3.63, 3.8) is 0 Å². The van der Waals surface area contributed by atoms with Crippen LogP contribution in [0.1, 0.15) is 27.2 Å². The Morgan fingerprint density at radius 2 is 2.11 bits per heavy atom. The van der Waals surface area contributed by atoms with Gasteiger partial charge in [0.05, 0.1) is 0 Å². The van der Waals surface area contributed by atoms with E-state index in [1.165, 1.54) is 5.92 Å². The molecular weight excluding hydrogens is 115 g/mol. The van der Waals surface area contributed by atoms with E-state index in [1.54, 1.807) is 6.92 Å². The molecule has 1 saturated carbocycles. The average molecular weight is 129 g/mol. The van der Waals surface area contributed by atoms with E-state index in [0.717, 1.165) is 6.42 Å². The van der Waals surface area contributed by atoms with E-state index < -0.39 is 6.17 Å². The molecule has 0 nitrogen and oxygen atoms in total. The molecule has 0 aromatic heterocycles. The summed E-state index contributed by atoms with van der Waals surface area (Å²) in [5, 5.41) is 0. The third-order valence-corrected chi connectivity index (χ3v) is 2.17. The summed E-state index contributed by atoms with van der Waals surface area (Å²) < 4.78 is 12.5. The number of halogens is 1. The molecule has 1 aliphatic carbocycles. The lowest BCUT2D eigenvalue weighted by Crippen LogP contribution is -2.00. The molecule has 0 heterocycles. The van der Waals surface area contributed by atoms with E-state index in [9.17, 15) is 4.39 Å². The fraction of sp³-hybridized carbons (Fsp3) is 0.875. The molecule has 1 fully saturated rings. The molecule has 0 aromatic rings. The number of rotatable bonds is 2. The zero-order valence-corrected chi connectivity index (χ0v) is 6.32. The first-order valence-corrected chi connectivity index (χ1v) is 3.57. The topological polar surface area (TPSA) is 0 Å². The van der Waals surface area contributed by atoms with E-state index >= 15 is 0 Å². The second-order valence-corrected chi connectivity index (χ2v) is 3.26. The Hall–Kier alpha value is -0.0700. The highest BCUT2D eigenvalue weighted by molar-refractivity contribution is 5.04. The smallest absolute Gasteiger partial charge is 0.100 e. The molecule has 53 valence electrons. The van der Waals surface area contributed by atoms with Gasteiger partial charge in [0.2, 0.25) is 0 Å². The van der Waals surface area contributed by atoms with E-state index in [2.05, 4.69) is 13.8 Å². The Labute approximate surface area is 56.5 Å². The van der Waals surface area contributed by atoms with Crippen LogP contribution < -0.4 is 0 Å². The van der Waals surface area contributed by atoms with Crippen LogP contribution >= 0.6 is 0 Å². The van der Waals surface area contributed by atoms with Gasteiger partial charge in [-0.15, -0.1) is 0 Å². The minimum atomic E-state index is -0.593. The van der Waals surface area contributed by atoms with Gasteiger partial charge in [0.1, 0.15) is 6.17 Å². The maximum absolute atomic E-state index is 12.5. The van der Waals surface area contributed by atoms with Gasteiger partial charge in [-0.05, 0) is 31.1 Å². The summed E-state index contributed by atoms with van der Waals surface area (Å²) in [7, 11) is 0. The van der Waals surface area contributed by atoms with Crippen molar-refractivity contribution in [2.75, 3.05) is 0 Å². The van der Waals surface area contributed by atoms with Crippen LogP contribution in [0, 0.1) is 17.8 Å². The van der Waals surface area contributed by atoms with Crippen LogP contribution in [-0.2, 0) is 0 Å². The molecule has 0 spiro atoms. The molecule has 9 heavy (non-hydrogen) atoms. The van der Waals surface area contributed by atoms with Crippen LogP contribution in [-0.4, -0.2) is 6.17 Å². The molecule has 0 N–H and O–H groups in total. The van der Waals surface area contributed by atoms with Gasteiger partial charge in [0, 0.05) is 0 Å². The lowest BCUT2D eigenvalue weighted by Gasteiger charge is -2.01. The van der Waals surface area contributed by atoms with Gasteiger partial charge in [-0.3, -0.25) is 0 Å². The van der Waals surface area contributed by atoms with Crippen LogP contribution in [0.25, 0.3) is 0 Å². The third kappa shape index (κ3) is 1.44. The lowest BCUT2D eigenvalue weighted by molar-refractivity contribution is 0.312. The summed E-state index contributed by atoms with van der Waals surface area (Å²) >= 11 is 0. The zero-order chi connectivity index (χ0) is 7.02. The fourth-order valence-electron chi connectivity index (χ4n) is 1.39. The largest absolute Gasteiger partial charge is 0.247 e. The minimum Gasteiger partial charge on any atom is -0.247 e. The Balaban J connectivity index is 2.24. The van der Waals surface area contributed by atoms with Crippen molar-refractivity contribution in [1.29, 1.82) is 0 Å². The highest BCUT2D eigenvalue weighted by Crippen LogP contribution is 2.47.